The number of rotatable bonds is 7. The minimum absolute atomic E-state index is 0.00903. The van der Waals surface area contributed by atoms with Crippen molar-refractivity contribution in [3.05, 3.63) is 32.8 Å². The molecule has 0 saturated carbocycles. The van der Waals surface area contributed by atoms with Gasteiger partial charge >= 0.3 is 5.97 Å². The molecule has 1 atom stereocenters. The van der Waals surface area contributed by atoms with Gasteiger partial charge in [-0.3, -0.25) is 14.9 Å². The highest BCUT2D eigenvalue weighted by Crippen LogP contribution is 2.29. The number of nitrogens with one attached hydrogen (secondary N) is 1. The number of benzene rings is 1. The Morgan fingerprint density at radius 3 is 2.80 bits per heavy atom. The molecule has 1 aromatic carbocycles. The van der Waals surface area contributed by atoms with Crippen LogP contribution in [0.4, 0.5) is 5.69 Å². The van der Waals surface area contributed by atoms with Gasteiger partial charge < -0.3 is 14.8 Å². The maximum absolute atomic E-state index is 11.6. The average Bonchev–Trinajstić information content (AvgIpc) is 2.41. The molecule has 0 radical (unpaired) electrons. The zero-order chi connectivity index (χ0) is 15.1. The quantitative estimate of drug-likeness (QED) is 0.460. The number of hydrogen-bond acceptors (Lipinski definition) is 6. The molecule has 110 valence electrons. The van der Waals surface area contributed by atoms with Crippen molar-refractivity contribution in [2.45, 2.75) is 13.0 Å². The molecular formula is C12H15BrN2O5. The topological polar surface area (TPSA) is 90.7 Å². The first kappa shape index (κ1) is 16.4. The van der Waals surface area contributed by atoms with Crippen molar-refractivity contribution >= 4 is 27.6 Å². The normalized spacial score (nSPS) is 11.8. The van der Waals surface area contributed by atoms with Gasteiger partial charge in [0.15, 0.2) is 0 Å². The van der Waals surface area contributed by atoms with E-state index in [1.54, 1.807) is 14.0 Å². The molecule has 1 rings (SSSR count). The van der Waals surface area contributed by atoms with E-state index >= 15 is 0 Å². The molecule has 0 spiro atoms. The molecular weight excluding hydrogens is 332 g/mol. The summed E-state index contributed by atoms with van der Waals surface area (Å²) in [6, 6.07) is 3.53. The SMILES string of the molecule is CCOC(=O)C(COc1cc([N+](=O)[O-])ccc1Br)NC. The van der Waals surface area contributed by atoms with Gasteiger partial charge in [0.05, 0.1) is 22.1 Å². The number of carbonyl (C=O) groups is 1. The molecule has 8 heteroatoms. The number of ether oxygens (including phenoxy) is 2. The summed E-state index contributed by atoms with van der Waals surface area (Å²) in [7, 11) is 1.60. The molecule has 0 saturated heterocycles. The van der Waals surface area contributed by atoms with Crippen molar-refractivity contribution in [1.82, 2.24) is 5.32 Å². The van der Waals surface area contributed by atoms with Gasteiger partial charge in [0.25, 0.3) is 5.69 Å². The Hall–Kier alpha value is -1.67. The van der Waals surface area contributed by atoms with E-state index in [9.17, 15) is 14.9 Å². The van der Waals surface area contributed by atoms with E-state index < -0.39 is 16.9 Å². The second kappa shape index (κ2) is 7.81. The van der Waals surface area contributed by atoms with Crippen LogP contribution in [0.15, 0.2) is 22.7 Å². The Morgan fingerprint density at radius 1 is 1.55 bits per heavy atom. The monoisotopic (exact) mass is 346 g/mol. The van der Waals surface area contributed by atoms with Crippen molar-refractivity contribution in [2.24, 2.45) is 0 Å². The number of nitrogens with zero attached hydrogens (tertiary/aromatic N) is 1. The Balaban J connectivity index is 2.75. The number of non-ortho nitro benzene ring substituents is 1. The van der Waals surface area contributed by atoms with Crippen LogP contribution in [-0.4, -0.2) is 37.2 Å². The fourth-order valence-corrected chi connectivity index (χ4v) is 1.76. The molecule has 1 N–H and O–H groups in total. The summed E-state index contributed by atoms with van der Waals surface area (Å²) in [4.78, 5) is 21.8. The largest absolute Gasteiger partial charge is 0.490 e. The van der Waals surface area contributed by atoms with Crippen LogP contribution in [0.1, 0.15) is 6.92 Å². The van der Waals surface area contributed by atoms with Gasteiger partial charge in [-0.25, -0.2) is 0 Å². The minimum atomic E-state index is -0.638. The van der Waals surface area contributed by atoms with Crippen LogP contribution in [0.25, 0.3) is 0 Å². The van der Waals surface area contributed by atoms with Crippen LogP contribution in [0, 0.1) is 10.1 Å². The molecule has 0 heterocycles. The average molecular weight is 347 g/mol. The maximum atomic E-state index is 11.6. The van der Waals surface area contributed by atoms with E-state index in [2.05, 4.69) is 21.2 Å². The van der Waals surface area contributed by atoms with E-state index in [1.165, 1.54) is 18.2 Å². The molecule has 0 amide bonds. The molecule has 20 heavy (non-hydrogen) atoms. The molecule has 7 nitrogen and oxygen atoms in total. The first-order chi connectivity index (χ1) is 9.49. The number of hydrogen-bond donors (Lipinski definition) is 1. The summed E-state index contributed by atoms with van der Waals surface area (Å²) in [6.45, 7) is 2.00. The molecule has 0 aliphatic carbocycles. The summed E-state index contributed by atoms with van der Waals surface area (Å²) in [5.74, 6) is -0.139. The zero-order valence-corrected chi connectivity index (χ0v) is 12.7. The Labute approximate surface area is 124 Å². The number of carbonyl (C=O) groups excluding carboxylic acids is 1. The highest BCUT2D eigenvalue weighted by atomic mass is 79.9. The van der Waals surface area contributed by atoms with Crippen LogP contribution >= 0.6 is 15.9 Å². The van der Waals surface area contributed by atoms with Crippen LogP contribution in [0.3, 0.4) is 0 Å². The smallest absolute Gasteiger partial charge is 0.326 e. The summed E-state index contributed by atoms with van der Waals surface area (Å²) < 4.78 is 10.9. The summed E-state index contributed by atoms with van der Waals surface area (Å²) >= 11 is 3.24. The lowest BCUT2D eigenvalue weighted by molar-refractivity contribution is -0.385. The minimum Gasteiger partial charge on any atom is -0.490 e. The van der Waals surface area contributed by atoms with Gasteiger partial charge in [-0.05, 0) is 36.0 Å². The predicted molar refractivity (Wildman–Crippen MR) is 75.8 cm³/mol. The lowest BCUT2D eigenvalue weighted by atomic mass is 10.3. The summed E-state index contributed by atoms with van der Waals surface area (Å²) in [5.41, 5.74) is -0.0830. The van der Waals surface area contributed by atoms with Gasteiger partial charge in [-0.2, -0.15) is 0 Å². The lowest BCUT2D eigenvalue weighted by Crippen LogP contribution is -2.40. The van der Waals surface area contributed by atoms with Gasteiger partial charge in [0.1, 0.15) is 18.4 Å². The fraction of sp³-hybridized carbons (Fsp3) is 0.417. The van der Waals surface area contributed by atoms with Crippen LogP contribution in [0.5, 0.6) is 5.75 Å². The Morgan fingerprint density at radius 2 is 2.25 bits per heavy atom. The molecule has 0 aliphatic heterocycles. The second-order valence-electron chi connectivity index (χ2n) is 3.78. The number of nitro groups is 1. The van der Waals surface area contributed by atoms with E-state index in [-0.39, 0.29) is 18.9 Å². The number of esters is 1. The third-order valence-corrected chi connectivity index (χ3v) is 3.11. The lowest BCUT2D eigenvalue weighted by Gasteiger charge is -2.16. The van der Waals surface area contributed by atoms with Crippen LogP contribution < -0.4 is 10.1 Å². The molecule has 0 aromatic heterocycles. The first-order valence-corrected chi connectivity index (χ1v) is 6.69. The Kier molecular flexibility index (Phi) is 6.40. The van der Waals surface area contributed by atoms with E-state index in [1.807, 2.05) is 0 Å². The Bertz CT molecular complexity index is 495. The third-order valence-electron chi connectivity index (χ3n) is 2.45. The van der Waals surface area contributed by atoms with Gasteiger partial charge in [0.2, 0.25) is 0 Å². The fourth-order valence-electron chi connectivity index (χ4n) is 1.40. The van der Waals surface area contributed by atoms with E-state index in [0.29, 0.717) is 10.2 Å². The molecule has 0 fully saturated rings. The molecule has 0 bridgehead atoms. The molecule has 1 unspecified atom stereocenters. The van der Waals surface area contributed by atoms with Crippen LogP contribution in [-0.2, 0) is 9.53 Å². The van der Waals surface area contributed by atoms with Crippen molar-refractivity contribution in [3.8, 4) is 5.75 Å². The van der Waals surface area contributed by atoms with Crippen molar-refractivity contribution in [1.29, 1.82) is 0 Å². The molecule has 0 aliphatic rings. The number of likely N-dealkylation sites (N-methyl/N-ethyl adjacent to an activating group) is 1. The predicted octanol–water partition coefficient (Wildman–Crippen LogP) is 1.89. The van der Waals surface area contributed by atoms with E-state index in [0.717, 1.165) is 0 Å². The van der Waals surface area contributed by atoms with Gasteiger partial charge in [-0.1, -0.05) is 0 Å². The molecule has 1 aromatic rings. The van der Waals surface area contributed by atoms with Crippen LogP contribution in [0.2, 0.25) is 0 Å². The highest BCUT2D eigenvalue weighted by molar-refractivity contribution is 9.10. The number of nitro benzene ring substituents is 1. The standard InChI is InChI=1S/C12H15BrN2O5/c1-3-19-12(16)10(14-2)7-20-11-6-8(15(17)18)4-5-9(11)13/h4-6,10,14H,3,7H2,1-2H3. The highest BCUT2D eigenvalue weighted by Gasteiger charge is 2.19. The van der Waals surface area contributed by atoms with Crippen molar-refractivity contribution in [3.63, 3.8) is 0 Å². The summed E-state index contributed by atoms with van der Waals surface area (Å²) in [5, 5.41) is 13.5. The van der Waals surface area contributed by atoms with E-state index in [4.69, 9.17) is 9.47 Å². The maximum Gasteiger partial charge on any atom is 0.326 e. The van der Waals surface area contributed by atoms with Crippen molar-refractivity contribution < 1.29 is 19.2 Å². The third kappa shape index (κ3) is 4.46. The summed E-state index contributed by atoms with van der Waals surface area (Å²) in [6.07, 6.45) is 0. The first-order valence-electron chi connectivity index (χ1n) is 5.90. The van der Waals surface area contributed by atoms with Gasteiger partial charge in [-0.15, -0.1) is 0 Å². The van der Waals surface area contributed by atoms with Gasteiger partial charge in [0, 0.05) is 6.07 Å². The van der Waals surface area contributed by atoms with Crippen molar-refractivity contribution in [2.75, 3.05) is 20.3 Å². The second-order valence-corrected chi connectivity index (χ2v) is 4.63. The number of halogens is 1. The zero-order valence-electron chi connectivity index (χ0n) is 11.1.